The predicted molar refractivity (Wildman–Crippen MR) is 204 cm³/mol. The average Bonchev–Trinajstić information content (AvgIpc) is 3.82. The molecule has 0 bridgehead atoms. The molecule has 3 saturated heterocycles. The molecule has 0 spiro atoms. The fourth-order valence-corrected chi connectivity index (χ4v) is 8.75. The summed E-state index contributed by atoms with van der Waals surface area (Å²) in [5, 5.41) is 12.9. The Kier molecular flexibility index (Phi) is 10.9. The first kappa shape index (κ1) is 38.8. The number of fused-ring (bicyclic) bond motifs is 1. The summed E-state index contributed by atoms with van der Waals surface area (Å²) in [6, 6.07) is 9.08. The van der Waals surface area contributed by atoms with Gasteiger partial charge in [-0.05, 0) is 81.2 Å². The first-order valence-corrected chi connectivity index (χ1v) is 19.8. The third-order valence-electron chi connectivity index (χ3n) is 11.9. The SMILES string of the molecule is N[C@@H]1C[C@@H](F)CN(c2ccn3ncc(C(=O)Nc4cn(C5CCC(CCN6CCN(c7ccc(C8CCC(=O)NC8=O)cc7)CC6)CC5)nc4C(F)(F)F)c3n2)C1. The summed E-state index contributed by atoms with van der Waals surface area (Å²) >= 11 is 0. The van der Waals surface area contributed by atoms with Crippen molar-refractivity contribution in [1.82, 2.24) is 34.6 Å². The number of hydrogen-bond donors (Lipinski definition) is 3. The van der Waals surface area contributed by atoms with Gasteiger partial charge in [-0.25, -0.2) is 13.9 Å². The molecule has 0 radical (unpaired) electrons. The highest BCUT2D eigenvalue weighted by Crippen LogP contribution is 2.39. The van der Waals surface area contributed by atoms with Gasteiger partial charge in [-0.2, -0.15) is 23.4 Å². The Labute approximate surface area is 326 Å². The van der Waals surface area contributed by atoms with E-state index >= 15 is 0 Å². The second-order valence-corrected chi connectivity index (χ2v) is 15.8. The Bertz CT molecular complexity index is 2080. The Morgan fingerprint density at radius 3 is 2.42 bits per heavy atom. The fraction of sp³-hybridized carbons (Fsp3) is 0.538. The maximum absolute atomic E-state index is 14.2. The van der Waals surface area contributed by atoms with Crippen molar-refractivity contribution in [3.05, 3.63) is 65.7 Å². The highest BCUT2D eigenvalue weighted by molar-refractivity contribution is 6.08. The summed E-state index contributed by atoms with van der Waals surface area (Å²) < 4.78 is 59.6. The molecular formula is C39H47F4N11O3. The second-order valence-electron chi connectivity index (χ2n) is 15.8. The van der Waals surface area contributed by atoms with Gasteiger partial charge >= 0.3 is 6.18 Å². The van der Waals surface area contributed by atoms with Gasteiger partial charge in [0.15, 0.2) is 11.3 Å². The maximum atomic E-state index is 14.2. The van der Waals surface area contributed by atoms with Crippen LogP contribution in [0.4, 0.5) is 34.8 Å². The number of piperazine rings is 1. The lowest BCUT2D eigenvalue weighted by atomic mass is 9.84. The lowest BCUT2D eigenvalue weighted by Gasteiger charge is -2.37. The minimum atomic E-state index is -4.79. The van der Waals surface area contributed by atoms with Crippen molar-refractivity contribution < 1.29 is 31.9 Å². The quantitative estimate of drug-likeness (QED) is 0.162. The maximum Gasteiger partial charge on any atom is 0.437 e. The van der Waals surface area contributed by atoms with Crippen LogP contribution < -0.4 is 26.2 Å². The first-order chi connectivity index (χ1) is 27.4. The Balaban J connectivity index is 0.832. The van der Waals surface area contributed by atoms with Gasteiger partial charge in [-0.15, -0.1) is 0 Å². The van der Waals surface area contributed by atoms with E-state index in [-0.39, 0.29) is 54.0 Å². The Morgan fingerprint density at radius 2 is 1.72 bits per heavy atom. The smallest absolute Gasteiger partial charge is 0.369 e. The molecule has 1 saturated carbocycles. The summed E-state index contributed by atoms with van der Waals surface area (Å²) in [5.41, 5.74) is 6.53. The number of carbonyl (C=O) groups is 3. The predicted octanol–water partition coefficient (Wildman–Crippen LogP) is 4.54. The third-order valence-corrected chi connectivity index (χ3v) is 11.9. The van der Waals surface area contributed by atoms with E-state index in [4.69, 9.17) is 5.73 Å². The van der Waals surface area contributed by atoms with E-state index in [0.29, 0.717) is 44.0 Å². The lowest BCUT2D eigenvalue weighted by Crippen LogP contribution is -2.48. The minimum Gasteiger partial charge on any atom is -0.369 e. The topological polar surface area (TPSA) is 159 Å². The summed E-state index contributed by atoms with van der Waals surface area (Å²) in [6.45, 7) is 5.03. The van der Waals surface area contributed by atoms with Gasteiger partial charge in [-0.3, -0.25) is 29.3 Å². The van der Waals surface area contributed by atoms with E-state index in [9.17, 15) is 31.9 Å². The summed E-state index contributed by atoms with van der Waals surface area (Å²) in [5.74, 6) is -0.711. The van der Waals surface area contributed by atoms with Gasteiger partial charge in [0.05, 0.1) is 30.4 Å². The molecule has 3 aliphatic heterocycles. The van der Waals surface area contributed by atoms with Crippen molar-refractivity contribution >= 4 is 40.6 Å². The monoisotopic (exact) mass is 793 g/mol. The van der Waals surface area contributed by atoms with Crippen LogP contribution in [0, 0.1) is 5.92 Å². The number of aromatic nitrogens is 5. The van der Waals surface area contributed by atoms with E-state index in [0.717, 1.165) is 63.2 Å². The standard InChI is InChI=1S/C39H47F4N11O3/c40-26-19-27(44)22-52(21-26)33-12-14-53-36(47-33)31(20-45-53)38(57)46-32-23-54(49-35(32)39(41,42)43)29-5-1-24(2-6-29)11-13-50-15-17-51(18-16-50)28-7-3-25(4-8-28)30-9-10-34(55)48-37(30)56/h3-4,7-8,12,14,20,23-24,26-27,29-30H,1-2,5-6,9-11,13,15-19,21-22,44H2,(H,46,57)(H,48,55,56)/t24?,26-,27-,29?,30?/m1/s1. The highest BCUT2D eigenvalue weighted by Gasteiger charge is 2.39. The van der Waals surface area contributed by atoms with Crippen LogP contribution in [0.3, 0.4) is 0 Å². The van der Waals surface area contributed by atoms with Crippen molar-refractivity contribution in [3.8, 4) is 0 Å². The zero-order valence-electron chi connectivity index (χ0n) is 31.5. The van der Waals surface area contributed by atoms with E-state index < -0.39 is 29.6 Å². The number of halogens is 4. The van der Waals surface area contributed by atoms with Crippen LogP contribution >= 0.6 is 0 Å². The van der Waals surface area contributed by atoms with Crippen molar-refractivity contribution in [2.45, 2.75) is 81.7 Å². The van der Waals surface area contributed by atoms with Gasteiger partial charge < -0.3 is 20.9 Å². The number of benzene rings is 1. The number of alkyl halides is 4. The number of nitrogens with one attached hydrogen (secondary N) is 2. The lowest BCUT2D eigenvalue weighted by molar-refractivity contribution is -0.141. The molecule has 4 aromatic rings. The molecule has 14 nitrogen and oxygen atoms in total. The summed E-state index contributed by atoms with van der Waals surface area (Å²) in [6.07, 6.45) is 3.38. The molecule has 3 amide bonds. The molecule has 1 aromatic carbocycles. The number of piperidine rings is 2. The number of carbonyl (C=O) groups excluding carboxylic acids is 3. The molecular weight excluding hydrogens is 746 g/mol. The minimum absolute atomic E-state index is 0.0292. The molecule has 3 atom stereocenters. The number of nitrogens with two attached hydrogens (primary N) is 1. The van der Waals surface area contributed by atoms with Crippen LogP contribution in [0.1, 0.15) is 84.9 Å². The van der Waals surface area contributed by atoms with Crippen LogP contribution in [0.2, 0.25) is 0 Å². The van der Waals surface area contributed by atoms with Gasteiger partial charge in [0.1, 0.15) is 17.6 Å². The molecule has 4 N–H and O–H groups in total. The van der Waals surface area contributed by atoms with Crippen LogP contribution in [0.25, 0.3) is 5.65 Å². The van der Waals surface area contributed by atoms with Crippen LogP contribution in [0.15, 0.2) is 48.9 Å². The van der Waals surface area contributed by atoms with Crippen molar-refractivity contribution in [2.24, 2.45) is 11.7 Å². The van der Waals surface area contributed by atoms with Gasteiger partial charge in [-0.1, -0.05) is 12.1 Å². The van der Waals surface area contributed by atoms with Gasteiger partial charge in [0.2, 0.25) is 11.8 Å². The van der Waals surface area contributed by atoms with Crippen LogP contribution in [0.5, 0.6) is 0 Å². The van der Waals surface area contributed by atoms with E-state index in [1.54, 1.807) is 17.2 Å². The van der Waals surface area contributed by atoms with Gasteiger partial charge in [0.25, 0.3) is 5.91 Å². The number of rotatable bonds is 9. The molecule has 3 aromatic heterocycles. The molecule has 6 heterocycles. The van der Waals surface area contributed by atoms with Crippen LogP contribution in [-0.4, -0.2) is 105 Å². The average molecular weight is 794 g/mol. The van der Waals surface area contributed by atoms with Gasteiger partial charge in [0, 0.05) is 63.3 Å². The second kappa shape index (κ2) is 16.0. The Morgan fingerprint density at radius 1 is 0.965 bits per heavy atom. The van der Waals surface area contributed by atoms with E-state index in [2.05, 4.69) is 35.6 Å². The number of amides is 3. The zero-order valence-corrected chi connectivity index (χ0v) is 31.5. The molecule has 1 aliphatic carbocycles. The van der Waals surface area contributed by atoms with Crippen molar-refractivity contribution in [3.63, 3.8) is 0 Å². The number of nitrogens with zero attached hydrogens (tertiary/aromatic N) is 8. The molecule has 304 valence electrons. The van der Waals surface area contributed by atoms with Crippen LogP contribution in [-0.2, 0) is 15.8 Å². The van der Waals surface area contributed by atoms with Crippen molar-refractivity contribution in [1.29, 1.82) is 0 Å². The third kappa shape index (κ3) is 8.61. The summed E-state index contributed by atoms with van der Waals surface area (Å²) in [4.78, 5) is 48.2. The number of imide groups is 1. The largest absolute Gasteiger partial charge is 0.437 e. The number of anilines is 3. The zero-order chi connectivity index (χ0) is 39.8. The fourth-order valence-electron chi connectivity index (χ4n) is 8.75. The molecule has 8 rings (SSSR count). The molecule has 57 heavy (non-hydrogen) atoms. The number of hydrogen-bond acceptors (Lipinski definition) is 10. The van der Waals surface area contributed by atoms with E-state index in [1.807, 2.05) is 24.3 Å². The molecule has 1 unspecified atom stereocenters. The molecule has 4 fully saturated rings. The summed E-state index contributed by atoms with van der Waals surface area (Å²) in [7, 11) is 0. The van der Waals surface area contributed by atoms with Crippen molar-refractivity contribution in [2.75, 3.05) is 60.9 Å². The molecule has 4 aliphatic rings. The Hall–Kier alpha value is -5.10. The molecule has 18 heteroatoms. The van der Waals surface area contributed by atoms with E-state index in [1.165, 1.54) is 21.6 Å². The highest BCUT2D eigenvalue weighted by atomic mass is 19.4. The normalized spacial score (nSPS) is 25.2. The first-order valence-electron chi connectivity index (χ1n) is 19.8.